The molecule has 1 N–H and O–H groups in total. The fourth-order valence-corrected chi connectivity index (χ4v) is 5.45. The summed E-state index contributed by atoms with van der Waals surface area (Å²) in [6, 6.07) is 19.5. The van der Waals surface area contributed by atoms with Crippen LogP contribution < -0.4 is 5.32 Å². The van der Waals surface area contributed by atoms with Crippen LogP contribution >= 0.6 is 0 Å². The molecule has 2 atom stereocenters. The van der Waals surface area contributed by atoms with Gasteiger partial charge in [-0.1, -0.05) is 94.3 Å². The molecule has 1 aliphatic carbocycles. The summed E-state index contributed by atoms with van der Waals surface area (Å²) >= 11 is 0. The van der Waals surface area contributed by atoms with E-state index in [2.05, 4.69) is 98.7 Å². The smallest absolute Gasteiger partial charge is 0.142 e. The lowest BCUT2D eigenvalue weighted by atomic mass is 9.88. The fraction of sp³-hybridized carbons (Fsp3) is 0.483. The highest BCUT2D eigenvalue weighted by Gasteiger charge is 2.35. The number of nitrogens with one attached hydrogen (secondary N) is 1. The molecule has 0 amide bonds. The first-order valence-electron chi connectivity index (χ1n) is 12.4. The number of hydrogen-bond acceptors (Lipinski definition) is 3. The predicted molar refractivity (Wildman–Crippen MR) is 134 cm³/mol. The highest BCUT2D eigenvalue weighted by Crippen LogP contribution is 2.34. The van der Waals surface area contributed by atoms with Gasteiger partial charge in [-0.3, -0.25) is 0 Å². The molecule has 0 fully saturated rings. The fourth-order valence-electron chi connectivity index (χ4n) is 5.45. The molecule has 172 valence electrons. The molecular weight excluding hydrogens is 392 g/mol. The second-order valence-electron chi connectivity index (χ2n) is 9.06. The maximum atomic E-state index is 12.5. The van der Waals surface area contributed by atoms with Crippen molar-refractivity contribution in [2.24, 2.45) is 11.8 Å². The van der Waals surface area contributed by atoms with Crippen molar-refractivity contribution in [2.45, 2.75) is 71.5 Å². The molecular formula is C29H40N2O. The molecule has 0 spiro atoms. The normalized spacial score (nSPS) is 16.1. The lowest BCUT2D eigenvalue weighted by molar-refractivity contribution is -0.114. The Labute approximate surface area is 194 Å². The molecule has 3 heteroatoms. The molecule has 0 aliphatic heterocycles. The van der Waals surface area contributed by atoms with Crippen molar-refractivity contribution >= 4 is 6.29 Å². The molecule has 2 aromatic rings. The third-order valence-corrected chi connectivity index (χ3v) is 7.16. The number of carbonyl (C=O) groups excluding carboxylic acids is 1. The van der Waals surface area contributed by atoms with Crippen LogP contribution in [-0.2, 0) is 24.2 Å². The molecule has 3 nitrogen and oxygen atoms in total. The number of rotatable bonds is 12. The van der Waals surface area contributed by atoms with Crippen molar-refractivity contribution in [3.8, 4) is 0 Å². The van der Waals surface area contributed by atoms with Gasteiger partial charge in [-0.05, 0) is 54.8 Å². The molecule has 32 heavy (non-hydrogen) atoms. The average Bonchev–Trinajstić information content (AvgIpc) is 3.26. The van der Waals surface area contributed by atoms with Gasteiger partial charge in [0, 0.05) is 12.2 Å². The van der Waals surface area contributed by atoms with E-state index >= 15 is 0 Å². The summed E-state index contributed by atoms with van der Waals surface area (Å²) in [5.41, 5.74) is 5.46. The van der Waals surface area contributed by atoms with Gasteiger partial charge in [-0.25, -0.2) is 0 Å². The number of aldehydes is 1. The quantitative estimate of drug-likeness (QED) is 0.431. The Morgan fingerprint density at radius 1 is 1.00 bits per heavy atom. The molecule has 1 aliphatic rings. The molecule has 2 aromatic carbocycles. The predicted octanol–water partition coefficient (Wildman–Crippen LogP) is 5.79. The summed E-state index contributed by atoms with van der Waals surface area (Å²) < 4.78 is 0. The van der Waals surface area contributed by atoms with Gasteiger partial charge < -0.3 is 15.0 Å². The molecule has 2 unspecified atom stereocenters. The van der Waals surface area contributed by atoms with Crippen LogP contribution in [0.2, 0.25) is 0 Å². The maximum absolute atomic E-state index is 12.5. The number of hydrogen-bond donors (Lipinski definition) is 1. The third kappa shape index (κ3) is 5.50. The monoisotopic (exact) mass is 432 g/mol. The van der Waals surface area contributed by atoms with Crippen molar-refractivity contribution in [2.75, 3.05) is 7.05 Å². The molecule has 0 saturated heterocycles. The Morgan fingerprint density at radius 2 is 1.59 bits per heavy atom. The summed E-state index contributed by atoms with van der Waals surface area (Å²) in [7, 11) is 2.07. The van der Waals surface area contributed by atoms with E-state index in [0.29, 0.717) is 11.8 Å². The van der Waals surface area contributed by atoms with E-state index in [1.165, 1.54) is 28.7 Å². The second kappa shape index (κ2) is 12.0. The van der Waals surface area contributed by atoms with Gasteiger partial charge in [0.15, 0.2) is 0 Å². The van der Waals surface area contributed by atoms with Crippen molar-refractivity contribution in [1.29, 1.82) is 0 Å². The van der Waals surface area contributed by atoms with Gasteiger partial charge in [0.2, 0.25) is 0 Å². The second-order valence-corrected chi connectivity index (χ2v) is 9.06. The number of allylic oxidation sites excluding steroid dienone is 1. The van der Waals surface area contributed by atoms with Crippen molar-refractivity contribution in [3.05, 3.63) is 83.1 Å². The molecule has 0 saturated carbocycles. The van der Waals surface area contributed by atoms with Crippen molar-refractivity contribution < 1.29 is 4.79 Å². The first-order valence-corrected chi connectivity index (χ1v) is 12.4. The van der Waals surface area contributed by atoms with Gasteiger partial charge in [-0.15, -0.1) is 0 Å². The third-order valence-electron chi connectivity index (χ3n) is 7.16. The van der Waals surface area contributed by atoms with Gasteiger partial charge in [-0.2, -0.15) is 0 Å². The van der Waals surface area contributed by atoms with E-state index in [1.807, 2.05) is 0 Å². The number of benzene rings is 2. The maximum Gasteiger partial charge on any atom is 0.142 e. The number of likely N-dealkylation sites (N-methyl/N-ethyl adjacent to an activating group) is 1. The Morgan fingerprint density at radius 3 is 2.09 bits per heavy atom. The van der Waals surface area contributed by atoms with E-state index in [4.69, 9.17) is 0 Å². The topological polar surface area (TPSA) is 32.3 Å². The summed E-state index contributed by atoms with van der Waals surface area (Å²) in [5.74, 6) is 0.831. The minimum atomic E-state index is -0.123. The van der Waals surface area contributed by atoms with Crippen LogP contribution in [0.1, 0.15) is 56.7 Å². The van der Waals surface area contributed by atoms with Crippen LogP contribution in [0.15, 0.2) is 66.4 Å². The number of fused-ring (bicyclic) bond motifs is 1. The van der Waals surface area contributed by atoms with E-state index in [-0.39, 0.29) is 12.1 Å². The Bertz CT molecular complexity index is 847. The van der Waals surface area contributed by atoms with Crippen molar-refractivity contribution in [3.63, 3.8) is 0 Å². The zero-order valence-corrected chi connectivity index (χ0v) is 20.3. The summed E-state index contributed by atoms with van der Waals surface area (Å²) in [6.45, 7) is 7.36. The number of carbonyl (C=O) groups is 1. The van der Waals surface area contributed by atoms with Crippen LogP contribution in [0.5, 0.6) is 0 Å². The highest BCUT2D eigenvalue weighted by molar-refractivity contribution is 5.59. The number of nitrogens with zero attached hydrogens (tertiary/aromatic N) is 1. The zero-order valence-electron chi connectivity index (χ0n) is 20.3. The molecule has 3 rings (SSSR count). The minimum absolute atomic E-state index is 0.123. The van der Waals surface area contributed by atoms with Crippen LogP contribution in [0.4, 0.5) is 0 Å². The molecule has 0 heterocycles. The van der Waals surface area contributed by atoms with Crippen LogP contribution in [-0.4, -0.2) is 30.3 Å². The zero-order chi connectivity index (χ0) is 22.9. The van der Waals surface area contributed by atoms with E-state index in [0.717, 1.165) is 38.6 Å². The van der Waals surface area contributed by atoms with Gasteiger partial charge in [0.1, 0.15) is 6.29 Å². The van der Waals surface area contributed by atoms with E-state index in [9.17, 15) is 4.79 Å². The summed E-state index contributed by atoms with van der Waals surface area (Å²) in [5, 5.41) is 3.66. The van der Waals surface area contributed by atoms with E-state index < -0.39 is 0 Å². The molecule has 0 radical (unpaired) electrons. The Hall–Kier alpha value is -2.39. The standard InChI is InChI=1S/C29H40N2O/c1-5-13-27(29(30-4)26-18-24-16-11-12-17-25(24)19-26)31(20-22-14-9-8-10-15-22)28(21-32)23(6-2)7-3/h8-17,21,23,26,28-30H,5-7,18-20H2,1-4H3/b27-13+. The first kappa shape index (κ1) is 24.3. The van der Waals surface area contributed by atoms with Crippen LogP contribution in [0.25, 0.3) is 0 Å². The van der Waals surface area contributed by atoms with Crippen molar-refractivity contribution in [1.82, 2.24) is 10.2 Å². The van der Waals surface area contributed by atoms with Gasteiger partial charge in [0.25, 0.3) is 0 Å². The van der Waals surface area contributed by atoms with E-state index in [1.54, 1.807) is 0 Å². The average molecular weight is 433 g/mol. The minimum Gasteiger partial charge on any atom is -0.359 e. The largest absolute Gasteiger partial charge is 0.359 e. The first-order chi connectivity index (χ1) is 15.7. The molecule has 0 bridgehead atoms. The Balaban J connectivity index is 1.99. The van der Waals surface area contributed by atoms with Crippen LogP contribution in [0, 0.1) is 11.8 Å². The van der Waals surface area contributed by atoms with Crippen LogP contribution in [0.3, 0.4) is 0 Å². The van der Waals surface area contributed by atoms with Gasteiger partial charge in [0.05, 0.1) is 12.1 Å². The Kier molecular flexibility index (Phi) is 9.11. The summed E-state index contributed by atoms with van der Waals surface area (Å²) in [6.07, 6.45) is 8.67. The molecule has 0 aromatic heterocycles. The lowest BCUT2D eigenvalue weighted by Gasteiger charge is -2.41. The highest BCUT2D eigenvalue weighted by atomic mass is 16.1. The summed E-state index contributed by atoms with van der Waals surface area (Å²) in [4.78, 5) is 14.9. The SMILES string of the molecule is CC/C=C(\C(NC)C1Cc2ccccc2C1)N(Cc1ccccc1)C(C=O)C(CC)CC. The lowest BCUT2D eigenvalue weighted by Crippen LogP contribution is -2.48. The van der Waals surface area contributed by atoms with Gasteiger partial charge >= 0.3 is 0 Å².